The first-order valence-corrected chi connectivity index (χ1v) is 6.22. The summed E-state index contributed by atoms with van der Waals surface area (Å²) in [7, 11) is 0. The molecule has 0 saturated carbocycles. The monoisotopic (exact) mass is 228 g/mol. The summed E-state index contributed by atoms with van der Waals surface area (Å²) in [5.41, 5.74) is 4.18. The highest BCUT2D eigenvalue weighted by atomic mass is 16.1. The Hall–Kier alpha value is -1.37. The molecule has 0 heterocycles. The number of Topliss-reactive ketones (excluding diaryl/α,β-unsaturated/α-hetero) is 1. The topological polar surface area (TPSA) is 17.1 Å². The van der Waals surface area contributed by atoms with Crippen LogP contribution < -0.4 is 0 Å². The van der Waals surface area contributed by atoms with Crippen LogP contribution >= 0.6 is 0 Å². The van der Waals surface area contributed by atoms with Crippen LogP contribution in [0.15, 0.2) is 29.8 Å². The molecule has 1 aromatic rings. The van der Waals surface area contributed by atoms with Crippen LogP contribution in [0.25, 0.3) is 5.57 Å². The molecule has 1 nitrogen and oxygen atoms in total. The molecular formula is C16H20O. The fraction of sp³-hybridized carbons (Fsp3) is 0.438. The van der Waals surface area contributed by atoms with Crippen LogP contribution in [0.2, 0.25) is 0 Å². The Bertz CT molecular complexity index is 504. The number of rotatable bonds is 1. The van der Waals surface area contributed by atoms with Gasteiger partial charge < -0.3 is 0 Å². The van der Waals surface area contributed by atoms with Crippen molar-refractivity contribution >= 4 is 11.4 Å². The van der Waals surface area contributed by atoms with Crippen LogP contribution in [0.3, 0.4) is 0 Å². The molecular weight excluding hydrogens is 208 g/mol. The lowest BCUT2D eigenvalue weighted by atomic mass is 9.68. The summed E-state index contributed by atoms with van der Waals surface area (Å²) >= 11 is 0. The molecule has 0 unspecified atom stereocenters. The lowest BCUT2D eigenvalue weighted by Crippen LogP contribution is -2.35. The fourth-order valence-corrected chi connectivity index (χ4v) is 2.92. The summed E-state index contributed by atoms with van der Waals surface area (Å²) in [6.07, 6.45) is 0. The Kier molecular flexibility index (Phi) is 2.73. The Morgan fingerprint density at radius 1 is 1.12 bits per heavy atom. The Morgan fingerprint density at radius 3 is 2.29 bits per heavy atom. The highest BCUT2D eigenvalue weighted by Gasteiger charge is 2.38. The smallest absolute Gasteiger partial charge is 0.168 e. The summed E-state index contributed by atoms with van der Waals surface area (Å²) in [6.45, 7) is 10.3. The molecule has 0 N–H and O–H groups in total. The lowest BCUT2D eigenvalue weighted by molar-refractivity contribution is -0.119. The number of hydrogen-bond donors (Lipinski definition) is 0. The molecule has 1 heteroatoms. The predicted molar refractivity (Wildman–Crippen MR) is 71.9 cm³/mol. The first-order valence-electron chi connectivity index (χ1n) is 6.22. The molecule has 0 fully saturated rings. The molecule has 90 valence electrons. The zero-order valence-electron chi connectivity index (χ0n) is 11.3. The van der Waals surface area contributed by atoms with E-state index < -0.39 is 0 Å². The van der Waals surface area contributed by atoms with E-state index in [1.807, 2.05) is 26.8 Å². The van der Waals surface area contributed by atoms with Crippen molar-refractivity contribution < 1.29 is 4.79 Å². The summed E-state index contributed by atoms with van der Waals surface area (Å²) in [4.78, 5) is 12.5. The van der Waals surface area contributed by atoms with Gasteiger partial charge in [-0.25, -0.2) is 0 Å². The standard InChI is InChI=1S/C16H20O/c1-10(2)14-11(3)15(17)16(4,5)13-9-7-6-8-12(13)14/h6-10H,1-5H3. The molecule has 2 rings (SSSR count). The Labute approximate surface area is 104 Å². The van der Waals surface area contributed by atoms with Gasteiger partial charge in [-0.1, -0.05) is 38.1 Å². The van der Waals surface area contributed by atoms with E-state index in [0.717, 1.165) is 5.57 Å². The summed E-state index contributed by atoms with van der Waals surface area (Å²) < 4.78 is 0. The van der Waals surface area contributed by atoms with Crippen LogP contribution in [-0.4, -0.2) is 5.78 Å². The second-order valence-corrected chi connectivity index (χ2v) is 5.69. The third-order valence-electron chi connectivity index (χ3n) is 3.78. The number of allylic oxidation sites excluding steroid dienone is 2. The number of benzene rings is 1. The van der Waals surface area contributed by atoms with Crippen LogP contribution in [0, 0.1) is 5.92 Å². The van der Waals surface area contributed by atoms with Crippen molar-refractivity contribution in [3.8, 4) is 0 Å². The summed E-state index contributed by atoms with van der Waals surface area (Å²) in [5.74, 6) is 0.649. The van der Waals surface area contributed by atoms with Gasteiger partial charge in [-0.2, -0.15) is 0 Å². The van der Waals surface area contributed by atoms with E-state index in [1.165, 1.54) is 16.7 Å². The van der Waals surface area contributed by atoms with Crippen LogP contribution in [0.5, 0.6) is 0 Å². The van der Waals surface area contributed by atoms with Gasteiger partial charge in [0.15, 0.2) is 5.78 Å². The molecule has 1 aliphatic rings. The first kappa shape index (κ1) is 12.1. The van der Waals surface area contributed by atoms with Crippen molar-refractivity contribution in [2.75, 3.05) is 0 Å². The largest absolute Gasteiger partial charge is 0.294 e. The average molecular weight is 228 g/mol. The second-order valence-electron chi connectivity index (χ2n) is 5.69. The van der Waals surface area contributed by atoms with Gasteiger partial charge in [-0.05, 0) is 49.0 Å². The SMILES string of the molecule is CC1=C(C(C)C)c2ccccc2C(C)(C)C1=O. The van der Waals surface area contributed by atoms with Crippen LogP contribution in [0.1, 0.15) is 45.7 Å². The number of carbonyl (C=O) groups excluding carboxylic acids is 1. The third-order valence-corrected chi connectivity index (χ3v) is 3.78. The van der Waals surface area contributed by atoms with Crippen molar-refractivity contribution in [3.63, 3.8) is 0 Å². The zero-order chi connectivity index (χ0) is 12.8. The number of fused-ring (bicyclic) bond motifs is 1. The molecule has 0 saturated heterocycles. The van der Waals surface area contributed by atoms with Gasteiger partial charge in [0, 0.05) is 0 Å². The van der Waals surface area contributed by atoms with Gasteiger partial charge in [0.25, 0.3) is 0 Å². The van der Waals surface area contributed by atoms with E-state index >= 15 is 0 Å². The zero-order valence-corrected chi connectivity index (χ0v) is 11.3. The Morgan fingerprint density at radius 2 is 1.71 bits per heavy atom. The summed E-state index contributed by atoms with van der Waals surface area (Å²) in [5, 5.41) is 0. The minimum absolute atomic E-state index is 0.264. The molecule has 0 atom stereocenters. The van der Waals surface area contributed by atoms with Crippen molar-refractivity contribution in [1.82, 2.24) is 0 Å². The van der Waals surface area contributed by atoms with Gasteiger partial charge in [0.05, 0.1) is 5.41 Å². The van der Waals surface area contributed by atoms with Gasteiger partial charge in [0.2, 0.25) is 0 Å². The number of hydrogen-bond acceptors (Lipinski definition) is 1. The van der Waals surface area contributed by atoms with E-state index in [2.05, 4.69) is 32.0 Å². The molecule has 0 spiro atoms. The van der Waals surface area contributed by atoms with E-state index in [-0.39, 0.29) is 11.2 Å². The maximum absolute atomic E-state index is 12.5. The minimum atomic E-state index is -0.390. The molecule has 1 aromatic carbocycles. The van der Waals surface area contributed by atoms with E-state index in [9.17, 15) is 4.79 Å². The Balaban J connectivity index is 2.79. The van der Waals surface area contributed by atoms with Gasteiger partial charge in [0.1, 0.15) is 0 Å². The van der Waals surface area contributed by atoms with Crippen molar-refractivity contribution in [2.24, 2.45) is 5.92 Å². The first-order chi connectivity index (χ1) is 7.87. The molecule has 0 amide bonds. The van der Waals surface area contributed by atoms with Crippen molar-refractivity contribution in [1.29, 1.82) is 0 Å². The highest BCUT2D eigenvalue weighted by Crippen LogP contribution is 2.42. The van der Waals surface area contributed by atoms with Gasteiger partial charge in [-0.15, -0.1) is 0 Å². The van der Waals surface area contributed by atoms with Gasteiger partial charge in [-0.3, -0.25) is 4.79 Å². The van der Waals surface area contributed by atoms with E-state index in [1.54, 1.807) is 0 Å². The quantitative estimate of drug-likeness (QED) is 0.710. The highest BCUT2D eigenvalue weighted by molar-refractivity contribution is 6.11. The molecule has 0 radical (unpaired) electrons. The van der Waals surface area contributed by atoms with Gasteiger partial charge >= 0.3 is 0 Å². The number of carbonyl (C=O) groups is 1. The van der Waals surface area contributed by atoms with E-state index in [4.69, 9.17) is 0 Å². The maximum atomic E-state index is 12.5. The summed E-state index contributed by atoms with van der Waals surface area (Å²) in [6, 6.07) is 8.30. The normalized spacial score (nSPS) is 18.6. The van der Waals surface area contributed by atoms with Crippen molar-refractivity contribution in [2.45, 2.75) is 40.0 Å². The average Bonchev–Trinajstić information content (AvgIpc) is 2.26. The molecule has 1 aliphatic carbocycles. The number of ketones is 1. The molecule has 0 bridgehead atoms. The molecule has 0 aromatic heterocycles. The minimum Gasteiger partial charge on any atom is -0.294 e. The third kappa shape index (κ3) is 1.65. The van der Waals surface area contributed by atoms with Crippen molar-refractivity contribution in [3.05, 3.63) is 41.0 Å². The molecule has 17 heavy (non-hydrogen) atoms. The fourth-order valence-electron chi connectivity index (χ4n) is 2.92. The maximum Gasteiger partial charge on any atom is 0.168 e. The predicted octanol–water partition coefficient (Wildman–Crippen LogP) is 3.98. The molecule has 0 aliphatic heterocycles. The van der Waals surface area contributed by atoms with Crippen LogP contribution in [-0.2, 0) is 10.2 Å². The lowest BCUT2D eigenvalue weighted by Gasteiger charge is -2.34. The second kappa shape index (κ2) is 3.83. The van der Waals surface area contributed by atoms with Crippen LogP contribution in [0.4, 0.5) is 0 Å². The van der Waals surface area contributed by atoms with E-state index in [0.29, 0.717) is 5.92 Å².